The normalized spacial score (nSPS) is 18.6. The van der Waals surface area contributed by atoms with E-state index >= 15 is 0 Å². The van der Waals surface area contributed by atoms with Crippen molar-refractivity contribution in [3.63, 3.8) is 0 Å². The largest absolute Gasteiger partial charge is 0.372 e. The summed E-state index contributed by atoms with van der Waals surface area (Å²) in [4.78, 5) is 26.4. The summed E-state index contributed by atoms with van der Waals surface area (Å²) in [7, 11) is 0. The second-order valence-electron chi connectivity index (χ2n) is 6.14. The molecular weight excluding hydrogens is 302 g/mol. The fraction of sp³-hybridized carbons (Fsp3) is 0.474. The fourth-order valence-electron chi connectivity index (χ4n) is 2.88. The Morgan fingerprint density at radius 1 is 1.25 bits per heavy atom. The minimum atomic E-state index is -0.225. The number of aryl methyl sites for hydroxylation is 1. The molecule has 1 aromatic rings. The van der Waals surface area contributed by atoms with Gasteiger partial charge in [0.1, 0.15) is 0 Å². The lowest BCUT2D eigenvalue weighted by molar-refractivity contribution is -0.125. The van der Waals surface area contributed by atoms with Crippen LogP contribution in [-0.4, -0.2) is 31.4 Å². The summed E-state index contributed by atoms with van der Waals surface area (Å²) in [6, 6.07) is 6.05. The molecule has 5 heteroatoms. The van der Waals surface area contributed by atoms with E-state index in [1.54, 1.807) is 6.08 Å². The molecule has 130 valence electrons. The van der Waals surface area contributed by atoms with E-state index in [4.69, 9.17) is 0 Å². The summed E-state index contributed by atoms with van der Waals surface area (Å²) >= 11 is 0. The molecule has 2 N–H and O–H groups in total. The number of carbonyl (C=O) groups is 2. The van der Waals surface area contributed by atoms with Crippen LogP contribution in [0.15, 0.2) is 30.9 Å². The van der Waals surface area contributed by atoms with Crippen LogP contribution in [0.1, 0.15) is 25.8 Å². The number of nitrogens with zero attached hydrogens (tertiary/aromatic N) is 1. The Labute approximate surface area is 144 Å². The Bertz CT molecular complexity index is 623. The van der Waals surface area contributed by atoms with E-state index in [2.05, 4.69) is 42.0 Å². The third-order valence-electron chi connectivity index (χ3n) is 4.48. The summed E-state index contributed by atoms with van der Waals surface area (Å²) in [6.07, 6.45) is 2.25. The number of hydrogen-bond donors (Lipinski definition) is 2. The first kappa shape index (κ1) is 18.0. The molecule has 0 spiro atoms. The third kappa shape index (κ3) is 4.16. The molecule has 0 bridgehead atoms. The van der Waals surface area contributed by atoms with E-state index in [1.165, 1.54) is 0 Å². The fourth-order valence-corrected chi connectivity index (χ4v) is 2.88. The number of hydrogen-bond acceptors (Lipinski definition) is 3. The zero-order valence-corrected chi connectivity index (χ0v) is 14.8. The molecule has 0 radical (unpaired) electrons. The van der Waals surface area contributed by atoms with Gasteiger partial charge in [0.25, 0.3) is 0 Å². The topological polar surface area (TPSA) is 61.4 Å². The van der Waals surface area contributed by atoms with Gasteiger partial charge in [0.2, 0.25) is 11.8 Å². The Morgan fingerprint density at radius 2 is 1.92 bits per heavy atom. The third-order valence-corrected chi connectivity index (χ3v) is 4.48. The first-order valence-corrected chi connectivity index (χ1v) is 8.56. The zero-order chi connectivity index (χ0) is 17.7. The average Bonchev–Trinajstić information content (AvgIpc) is 3.37. The lowest BCUT2D eigenvalue weighted by atomic mass is 10.1. The summed E-state index contributed by atoms with van der Waals surface area (Å²) in [5.74, 6) is -0.576. The molecule has 1 saturated carbocycles. The maximum Gasteiger partial charge on any atom is 0.228 e. The van der Waals surface area contributed by atoms with E-state index in [0.717, 1.165) is 30.0 Å². The molecule has 1 aromatic carbocycles. The second kappa shape index (κ2) is 7.99. The summed E-state index contributed by atoms with van der Waals surface area (Å²) in [6.45, 7) is 12.1. The first-order valence-electron chi connectivity index (χ1n) is 8.56. The molecule has 0 aromatic heterocycles. The van der Waals surface area contributed by atoms with Crippen LogP contribution in [0.4, 0.5) is 11.4 Å². The van der Waals surface area contributed by atoms with Gasteiger partial charge in [0.05, 0.1) is 11.8 Å². The number of nitrogens with one attached hydrogen (secondary N) is 2. The Hall–Kier alpha value is -2.30. The molecule has 2 rings (SSSR count). The summed E-state index contributed by atoms with van der Waals surface area (Å²) in [5, 5.41) is 5.70. The van der Waals surface area contributed by atoms with Gasteiger partial charge in [0.15, 0.2) is 0 Å². The number of carbonyl (C=O) groups excluding carboxylic acids is 2. The van der Waals surface area contributed by atoms with Crippen molar-refractivity contribution in [2.75, 3.05) is 29.9 Å². The van der Waals surface area contributed by atoms with Gasteiger partial charge in [-0.15, -0.1) is 6.58 Å². The van der Waals surface area contributed by atoms with Crippen LogP contribution >= 0.6 is 0 Å². The van der Waals surface area contributed by atoms with Gasteiger partial charge in [0, 0.05) is 31.0 Å². The molecule has 0 heterocycles. The van der Waals surface area contributed by atoms with Crippen molar-refractivity contribution in [3.05, 3.63) is 36.4 Å². The minimum absolute atomic E-state index is 0.0661. The second-order valence-corrected chi connectivity index (χ2v) is 6.14. The Balaban J connectivity index is 1.95. The minimum Gasteiger partial charge on any atom is -0.372 e. The van der Waals surface area contributed by atoms with Gasteiger partial charge >= 0.3 is 0 Å². The van der Waals surface area contributed by atoms with Crippen LogP contribution < -0.4 is 15.5 Å². The van der Waals surface area contributed by atoms with E-state index in [1.807, 2.05) is 19.1 Å². The highest BCUT2D eigenvalue weighted by Crippen LogP contribution is 2.39. The molecule has 1 fully saturated rings. The van der Waals surface area contributed by atoms with Gasteiger partial charge < -0.3 is 15.5 Å². The van der Waals surface area contributed by atoms with Crippen molar-refractivity contribution in [2.45, 2.75) is 27.2 Å². The standard InChI is InChI=1S/C19H27N3O2/c1-5-10-20-18(23)15-12-16(15)19(24)21-17-9-8-14(11-13(17)4)22(6-2)7-3/h5,8-9,11,15-16H,1,6-7,10,12H2,2-4H3,(H,20,23)(H,21,24). The van der Waals surface area contributed by atoms with Crippen molar-refractivity contribution in [1.29, 1.82) is 0 Å². The molecule has 0 aliphatic heterocycles. The number of anilines is 2. The predicted molar refractivity (Wildman–Crippen MR) is 98.2 cm³/mol. The molecule has 2 amide bonds. The monoisotopic (exact) mass is 329 g/mol. The lowest BCUT2D eigenvalue weighted by Gasteiger charge is -2.22. The highest BCUT2D eigenvalue weighted by atomic mass is 16.2. The molecule has 1 aliphatic carbocycles. The van der Waals surface area contributed by atoms with E-state index in [0.29, 0.717) is 13.0 Å². The molecule has 0 saturated heterocycles. The van der Waals surface area contributed by atoms with Crippen molar-refractivity contribution < 1.29 is 9.59 Å². The highest BCUT2D eigenvalue weighted by molar-refractivity contribution is 6.00. The van der Waals surface area contributed by atoms with E-state index < -0.39 is 0 Å². The van der Waals surface area contributed by atoms with Gasteiger partial charge in [-0.05, 0) is 51.0 Å². The quantitative estimate of drug-likeness (QED) is 0.721. The lowest BCUT2D eigenvalue weighted by Crippen LogP contribution is -2.27. The SMILES string of the molecule is C=CCNC(=O)C1CC1C(=O)Nc1ccc(N(CC)CC)cc1C. The molecular formula is C19H27N3O2. The van der Waals surface area contributed by atoms with Crippen LogP contribution in [0.2, 0.25) is 0 Å². The summed E-state index contributed by atoms with van der Waals surface area (Å²) in [5.41, 5.74) is 3.00. The van der Waals surface area contributed by atoms with Gasteiger partial charge in [-0.2, -0.15) is 0 Å². The maximum absolute atomic E-state index is 12.3. The van der Waals surface area contributed by atoms with E-state index in [9.17, 15) is 9.59 Å². The van der Waals surface area contributed by atoms with Crippen LogP contribution in [-0.2, 0) is 9.59 Å². The van der Waals surface area contributed by atoms with Crippen molar-refractivity contribution in [3.8, 4) is 0 Å². The molecule has 1 aliphatic rings. The average molecular weight is 329 g/mol. The Kier molecular flexibility index (Phi) is 6.01. The number of benzene rings is 1. The molecule has 5 nitrogen and oxygen atoms in total. The molecule has 24 heavy (non-hydrogen) atoms. The molecule has 2 unspecified atom stereocenters. The highest BCUT2D eigenvalue weighted by Gasteiger charge is 2.47. The summed E-state index contributed by atoms with van der Waals surface area (Å²) < 4.78 is 0. The number of rotatable bonds is 8. The van der Waals surface area contributed by atoms with Gasteiger partial charge in [-0.25, -0.2) is 0 Å². The van der Waals surface area contributed by atoms with Gasteiger partial charge in [-0.3, -0.25) is 9.59 Å². The maximum atomic E-state index is 12.3. The van der Waals surface area contributed by atoms with Crippen LogP contribution in [0, 0.1) is 18.8 Å². The smallest absolute Gasteiger partial charge is 0.228 e. The first-order chi connectivity index (χ1) is 11.5. The van der Waals surface area contributed by atoms with Gasteiger partial charge in [-0.1, -0.05) is 6.08 Å². The predicted octanol–water partition coefficient (Wildman–Crippen LogP) is 2.72. The van der Waals surface area contributed by atoms with Crippen LogP contribution in [0.25, 0.3) is 0 Å². The van der Waals surface area contributed by atoms with Crippen molar-refractivity contribution in [2.24, 2.45) is 11.8 Å². The Morgan fingerprint density at radius 3 is 2.50 bits per heavy atom. The van der Waals surface area contributed by atoms with Crippen LogP contribution in [0.3, 0.4) is 0 Å². The van der Waals surface area contributed by atoms with Crippen molar-refractivity contribution in [1.82, 2.24) is 5.32 Å². The number of amides is 2. The molecule has 2 atom stereocenters. The zero-order valence-electron chi connectivity index (χ0n) is 14.8. The van der Waals surface area contributed by atoms with Crippen LogP contribution in [0.5, 0.6) is 0 Å². The van der Waals surface area contributed by atoms with Crippen molar-refractivity contribution >= 4 is 23.2 Å². The van der Waals surface area contributed by atoms with E-state index in [-0.39, 0.29) is 23.7 Å².